The highest BCUT2D eigenvalue weighted by atomic mass is 32.1. The molecule has 1 fully saturated rings. The molecule has 7 heteroatoms. The molecule has 0 aromatic carbocycles. The van der Waals surface area contributed by atoms with Crippen molar-refractivity contribution in [3.05, 3.63) is 22.4 Å². The molecule has 25 heavy (non-hydrogen) atoms. The lowest BCUT2D eigenvalue weighted by Crippen LogP contribution is -2.39. The predicted molar refractivity (Wildman–Crippen MR) is 102 cm³/mol. The summed E-state index contributed by atoms with van der Waals surface area (Å²) in [4.78, 5) is 5.44. The molecule has 2 heterocycles. The monoisotopic (exact) mass is 369 g/mol. The minimum atomic E-state index is -0.941. The molecular weight excluding hydrogens is 338 g/mol. The van der Waals surface area contributed by atoms with Crippen molar-refractivity contribution in [2.75, 3.05) is 46.1 Å². The number of nitrogens with zero attached hydrogens (tertiary/aromatic N) is 1. The van der Waals surface area contributed by atoms with Gasteiger partial charge in [-0.1, -0.05) is 6.07 Å². The van der Waals surface area contributed by atoms with Gasteiger partial charge in [0, 0.05) is 37.1 Å². The molecule has 142 valence electrons. The van der Waals surface area contributed by atoms with E-state index in [2.05, 4.69) is 15.6 Å². The van der Waals surface area contributed by atoms with Crippen LogP contribution in [0.4, 0.5) is 0 Å². The van der Waals surface area contributed by atoms with Gasteiger partial charge in [0.2, 0.25) is 0 Å². The van der Waals surface area contributed by atoms with Gasteiger partial charge in [0.05, 0.1) is 19.8 Å². The van der Waals surface area contributed by atoms with Gasteiger partial charge in [-0.3, -0.25) is 0 Å². The fourth-order valence-corrected chi connectivity index (χ4v) is 3.36. The van der Waals surface area contributed by atoms with E-state index < -0.39 is 5.60 Å². The standard InChI is InChI=1S/C18H31N3O3S/c1-3-19-17(21-14-18(2,22)16-6-4-11-25-16)20-8-5-9-23-12-15-7-10-24-13-15/h4,6,11,15,22H,3,5,7-10,12-14H2,1-2H3,(H2,19,20,21). The van der Waals surface area contributed by atoms with E-state index in [0.717, 1.165) is 63.2 Å². The van der Waals surface area contributed by atoms with Crippen LogP contribution in [0.15, 0.2) is 22.5 Å². The van der Waals surface area contributed by atoms with Crippen molar-refractivity contribution in [2.45, 2.75) is 32.3 Å². The molecule has 6 nitrogen and oxygen atoms in total. The van der Waals surface area contributed by atoms with E-state index in [1.165, 1.54) is 0 Å². The van der Waals surface area contributed by atoms with Crippen LogP contribution in [0.5, 0.6) is 0 Å². The van der Waals surface area contributed by atoms with E-state index >= 15 is 0 Å². The van der Waals surface area contributed by atoms with Gasteiger partial charge in [-0.05, 0) is 38.1 Å². The third-order valence-electron chi connectivity index (χ3n) is 4.08. The van der Waals surface area contributed by atoms with Crippen molar-refractivity contribution >= 4 is 17.3 Å². The van der Waals surface area contributed by atoms with Crippen molar-refractivity contribution in [3.63, 3.8) is 0 Å². The molecule has 0 amide bonds. The molecule has 1 aliphatic rings. The summed E-state index contributed by atoms with van der Waals surface area (Å²) in [5, 5.41) is 19.0. The van der Waals surface area contributed by atoms with Gasteiger partial charge in [-0.2, -0.15) is 0 Å². The molecular formula is C18H31N3O3S. The fourth-order valence-electron chi connectivity index (χ4n) is 2.58. The molecule has 0 spiro atoms. The number of hydrogen-bond donors (Lipinski definition) is 3. The van der Waals surface area contributed by atoms with E-state index in [4.69, 9.17) is 9.47 Å². The molecule has 0 saturated carbocycles. The summed E-state index contributed by atoms with van der Waals surface area (Å²) < 4.78 is 11.0. The first kappa shape index (κ1) is 20.2. The molecule has 0 aliphatic carbocycles. The zero-order chi connectivity index (χ0) is 18.0. The molecule has 2 atom stereocenters. The average Bonchev–Trinajstić information content (AvgIpc) is 3.29. The van der Waals surface area contributed by atoms with Crippen LogP contribution in [-0.4, -0.2) is 57.1 Å². The smallest absolute Gasteiger partial charge is 0.191 e. The third-order valence-corrected chi connectivity index (χ3v) is 5.20. The second kappa shape index (κ2) is 10.8. The Balaban J connectivity index is 1.66. The Morgan fingerprint density at radius 3 is 3.08 bits per heavy atom. The van der Waals surface area contributed by atoms with Crippen LogP contribution in [0.2, 0.25) is 0 Å². The molecule has 3 N–H and O–H groups in total. The van der Waals surface area contributed by atoms with Gasteiger partial charge < -0.3 is 25.2 Å². The number of aliphatic imine (C=N–C) groups is 1. The van der Waals surface area contributed by atoms with Gasteiger partial charge in [0.1, 0.15) is 5.60 Å². The van der Waals surface area contributed by atoms with E-state index in [9.17, 15) is 5.11 Å². The largest absolute Gasteiger partial charge is 0.383 e. The summed E-state index contributed by atoms with van der Waals surface area (Å²) in [6, 6.07) is 3.88. The van der Waals surface area contributed by atoms with Crippen LogP contribution in [0.1, 0.15) is 31.6 Å². The number of hydrogen-bond acceptors (Lipinski definition) is 5. The van der Waals surface area contributed by atoms with Crippen molar-refractivity contribution in [1.29, 1.82) is 0 Å². The predicted octanol–water partition coefficient (Wildman–Crippen LogP) is 1.95. The Hall–Kier alpha value is -1.15. The van der Waals surface area contributed by atoms with E-state index in [-0.39, 0.29) is 0 Å². The summed E-state index contributed by atoms with van der Waals surface area (Å²) in [5.41, 5.74) is -0.941. The van der Waals surface area contributed by atoms with Crippen molar-refractivity contribution in [1.82, 2.24) is 10.6 Å². The number of rotatable bonds is 10. The summed E-state index contributed by atoms with van der Waals surface area (Å²) in [7, 11) is 0. The van der Waals surface area contributed by atoms with Crippen LogP contribution in [0.25, 0.3) is 0 Å². The van der Waals surface area contributed by atoms with Gasteiger partial charge in [0.15, 0.2) is 5.96 Å². The summed E-state index contributed by atoms with van der Waals surface area (Å²) in [6.07, 6.45) is 2.03. The van der Waals surface area contributed by atoms with Crippen LogP contribution in [0.3, 0.4) is 0 Å². The summed E-state index contributed by atoms with van der Waals surface area (Å²) >= 11 is 1.55. The summed E-state index contributed by atoms with van der Waals surface area (Å²) in [5.74, 6) is 1.29. The lowest BCUT2D eigenvalue weighted by atomic mass is 10.1. The first-order chi connectivity index (χ1) is 12.1. The maximum Gasteiger partial charge on any atom is 0.191 e. The molecule has 0 bridgehead atoms. The fraction of sp³-hybridized carbons (Fsp3) is 0.722. The maximum absolute atomic E-state index is 10.6. The van der Waals surface area contributed by atoms with E-state index in [0.29, 0.717) is 12.5 Å². The third kappa shape index (κ3) is 7.32. The number of aliphatic hydroxyl groups is 1. The van der Waals surface area contributed by atoms with Crippen molar-refractivity contribution < 1.29 is 14.6 Å². The quantitative estimate of drug-likeness (QED) is 0.334. The molecule has 2 rings (SSSR count). The number of nitrogens with one attached hydrogen (secondary N) is 2. The second-order valence-electron chi connectivity index (χ2n) is 6.53. The summed E-state index contributed by atoms with van der Waals surface area (Å²) in [6.45, 7) is 8.94. The Labute approximate surface area is 154 Å². The minimum Gasteiger partial charge on any atom is -0.383 e. The Bertz CT molecular complexity index is 500. The molecule has 1 aromatic heterocycles. The van der Waals surface area contributed by atoms with Crippen LogP contribution in [-0.2, 0) is 15.1 Å². The van der Waals surface area contributed by atoms with E-state index in [1.54, 1.807) is 18.3 Å². The molecule has 1 aliphatic heterocycles. The highest BCUT2D eigenvalue weighted by molar-refractivity contribution is 7.10. The maximum atomic E-state index is 10.6. The van der Waals surface area contributed by atoms with Crippen molar-refractivity contribution in [3.8, 4) is 0 Å². The molecule has 0 radical (unpaired) electrons. The number of guanidine groups is 1. The topological polar surface area (TPSA) is 75.1 Å². The van der Waals surface area contributed by atoms with E-state index in [1.807, 2.05) is 24.4 Å². The Morgan fingerprint density at radius 1 is 1.52 bits per heavy atom. The molecule has 1 saturated heterocycles. The highest BCUT2D eigenvalue weighted by Gasteiger charge is 2.24. The first-order valence-electron chi connectivity index (χ1n) is 9.06. The van der Waals surface area contributed by atoms with Gasteiger partial charge in [-0.25, -0.2) is 4.99 Å². The normalized spacial score (nSPS) is 20.4. The van der Waals surface area contributed by atoms with Crippen LogP contribution < -0.4 is 10.6 Å². The lowest BCUT2D eigenvalue weighted by molar-refractivity contribution is 0.0711. The highest BCUT2D eigenvalue weighted by Crippen LogP contribution is 2.25. The second-order valence-corrected chi connectivity index (χ2v) is 7.48. The minimum absolute atomic E-state index is 0.320. The van der Waals surface area contributed by atoms with Gasteiger partial charge >= 0.3 is 0 Å². The SMILES string of the molecule is CCNC(=NCC(C)(O)c1cccs1)NCCCOCC1CCOC1. The van der Waals surface area contributed by atoms with Gasteiger partial charge in [0.25, 0.3) is 0 Å². The molecule has 1 aromatic rings. The van der Waals surface area contributed by atoms with Crippen molar-refractivity contribution in [2.24, 2.45) is 10.9 Å². The zero-order valence-corrected chi connectivity index (χ0v) is 16.1. The lowest BCUT2D eigenvalue weighted by Gasteiger charge is -2.20. The number of ether oxygens (including phenoxy) is 2. The zero-order valence-electron chi connectivity index (χ0n) is 15.3. The average molecular weight is 370 g/mol. The molecule has 2 unspecified atom stereocenters. The Morgan fingerprint density at radius 2 is 2.40 bits per heavy atom. The first-order valence-corrected chi connectivity index (χ1v) is 9.94. The Kier molecular flexibility index (Phi) is 8.67. The van der Waals surface area contributed by atoms with Crippen LogP contribution >= 0.6 is 11.3 Å². The number of thiophene rings is 1. The van der Waals surface area contributed by atoms with Crippen LogP contribution in [0, 0.1) is 5.92 Å². The van der Waals surface area contributed by atoms with Gasteiger partial charge in [-0.15, -0.1) is 11.3 Å².